The van der Waals surface area contributed by atoms with Crippen LogP contribution in [0.2, 0.25) is 0 Å². The van der Waals surface area contributed by atoms with E-state index in [0.29, 0.717) is 12.0 Å². The minimum Gasteiger partial charge on any atom is -0.298 e. The largest absolute Gasteiger partial charge is 0.298 e. The predicted octanol–water partition coefficient (Wildman–Crippen LogP) is 0.522. The first-order valence-electron chi connectivity index (χ1n) is 4.88. The monoisotopic (exact) mass is 171 g/mol. The van der Waals surface area contributed by atoms with E-state index in [9.17, 15) is 0 Å². The molecule has 0 aromatic heterocycles. The third-order valence-corrected chi connectivity index (χ3v) is 2.74. The summed E-state index contributed by atoms with van der Waals surface area (Å²) in [6.07, 6.45) is 0. The summed E-state index contributed by atoms with van der Waals surface area (Å²) < 4.78 is 0. The van der Waals surface area contributed by atoms with Gasteiger partial charge < -0.3 is 0 Å². The van der Waals surface area contributed by atoms with E-state index in [1.54, 1.807) is 0 Å². The summed E-state index contributed by atoms with van der Waals surface area (Å²) in [4.78, 5) is 2.52. The molecule has 72 valence electrons. The third-order valence-electron chi connectivity index (χ3n) is 2.74. The maximum absolute atomic E-state index is 5.79. The number of hydrazine groups is 1. The van der Waals surface area contributed by atoms with Crippen LogP contribution in [0.1, 0.15) is 20.8 Å². The van der Waals surface area contributed by atoms with Crippen molar-refractivity contribution in [1.82, 2.24) is 9.91 Å². The molecule has 1 aliphatic rings. The second kappa shape index (κ2) is 4.21. The molecule has 1 rings (SSSR count). The first-order valence-corrected chi connectivity index (χ1v) is 4.88. The Kier molecular flexibility index (Phi) is 3.50. The standard InChI is InChI=1S/C9H21N3/c1-4-11-5-6-12(10)7-9(11)8(2)3/h8-9H,4-7,10H2,1-3H3. The lowest BCUT2D eigenvalue weighted by Gasteiger charge is -2.41. The van der Waals surface area contributed by atoms with Crippen molar-refractivity contribution in [2.24, 2.45) is 11.8 Å². The Morgan fingerprint density at radius 1 is 1.42 bits per heavy atom. The fourth-order valence-corrected chi connectivity index (χ4v) is 1.89. The van der Waals surface area contributed by atoms with Crippen LogP contribution < -0.4 is 5.84 Å². The minimum atomic E-state index is 0.647. The van der Waals surface area contributed by atoms with Crippen LogP contribution in [-0.4, -0.2) is 42.1 Å². The molecule has 3 nitrogen and oxygen atoms in total. The van der Waals surface area contributed by atoms with Crippen LogP contribution in [0.5, 0.6) is 0 Å². The van der Waals surface area contributed by atoms with E-state index in [0.717, 1.165) is 26.2 Å². The lowest BCUT2D eigenvalue weighted by molar-refractivity contribution is 0.0541. The van der Waals surface area contributed by atoms with Gasteiger partial charge in [0.1, 0.15) is 0 Å². The SMILES string of the molecule is CCN1CCN(N)CC1C(C)C. The minimum absolute atomic E-state index is 0.647. The summed E-state index contributed by atoms with van der Waals surface area (Å²) in [5, 5.41) is 1.94. The van der Waals surface area contributed by atoms with Crippen molar-refractivity contribution in [1.29, 1.82) is 0 Å². The van der Waals surface area contributed by atoms with Crippen LogP contribution in [-0.2, 0) is 0 Å². The van der Waals surface area contributed by atoms with Gasteiger partial charge >= 0.3 is 0 Å². The molecular formula is C9H21N3. The summed E-state index contributed by atoms with van der Waals surface area (Å²) >= 11 is 0. The molecule has 12 heavy (non-hydrogen) atoms. The van der Waals surface area contributed by atoms with E-state index in [-0.39, 0.29) is 0 Å². The molecule has 1 saturated heterocycles. The normalized spacial score (nSPS) is 28.2. The van der Waals surface area contributed by atoms with Crippen LogP contribution in [0, 0.1) is 5.92 Å². The molecule has 1 aliphatic heterocycles. The topological polar surface area (TPSA) is 32.5 Å². The highest BCUT2D eigenvalue weighted by Crippen LogP contribution is 2.14. The van der Waals surface area contributed by atoms with E-state index in [2.05, 4.69) is 25.7 Å². The van der Waals surface area contributed by atoms with E-state index >= 15 is 0 Å². The zero-order valence-corrected chi connectivity index (χ0v) is 8.45. The first kappa shape index (κ1) is 9.96. The van der Waals surface area contributed by atoms with Gasteiger partial charge in [0.05, 0.1) is 0 Å². The summed E-state index contributed by atoms with van der Waals surface area (Å²) in [6.45, 7) is 11.1. The fourth-order valence-electron chi connectivity index (χ4n) is 1.89. The second-order valence-electron chi connectivity index (χ2n) is 3.93. The molecule has 1 fully saturated rings. The summed E-state index contributed by atoms with van der Waals surface area (Å²) in [6, 6.07) is 0.647. The Morgan fingerprint density at radius 2 is 2.08 bits per heavy atom. The van der Waals surface area contributed by atoms with Gasteiger partial charge in [0.15, 0.2) is 0 Å². The predicted molar refractivity (Wildman–Crippen MR) is 51.6 cm³/mol. The van der Waals surface area contributed by atoms with E-state index < -0.39 is 0 Å². The molecule has 0 amide bonds. The number of rotatable bonds is 2. The van der Waals surface area contributed by atoms with Gasteiger partial charge in [0, 0.05) is 25.7 Å². The molecule has 1 atom stereocenters. The number of nitrogens with two attached hydrogens (primary N) is 1. The van der Waals surface area contributed by atoms with Crippen molar-refractivity contribution < 1.29 is 0 Å². The lowest BCUT2D eigenvalue weighted by Crippen LogP contribution is -2.56. The van der Waals surface area contributed by atoms with Gasteiger partial charge in [0.25, 0.3) is 0 Å². The van der Waals surface area contributed by atoms with Crippen molar-refractivity contribution in [3.8, 4) is 0 Å². The number of nitrogens with zero attached hydrogens (tertiary/aromatic N) is 2. The van der Waals surface area contributed by atoms with E-state index in [1.807, 2.05) is 5.01 Å². The molecule has 2 N–H and O–H groups in total. The first-order chi connectivity index (χ1) is 5.65. The Labute approximate surface area is 75.5 Å². The van der Waals surface area contributed by atoms with Gasteiger partial charge in [0.2, 0.25) is 0 Å². The van der Waals surface area contributed by atoms with Crippen molar-refractivity contribution >= 4 is 0 Å². The molecule has 0 radical (unpaired) electrons. The molecule has 3 heteroatoms. The molecule has 0 bridgehead atoms. The number of piperazine rings is 1. The maximum Gasteiger partial charge on any atom is 0.0288 e. The Hall–Kier alpha value is -0.120. The van der Waals surface area contributed by atoms with Crippen molar-refractivity contribution in [2.75, 3.05) is 26.2 Å². The van der Waals surface area contributed by atoms with Gasteiger partial charge in [-0.25, -0.2) is 5.01 Å². The Morgan fingerprint density at radius 3 is 2.58 bits per heavy atom. The molecule has 1 heterocycles. The van der Waals surface area contributed by atoms with Crippen LogP contribution in [0.15, 0.2) is 0 Å². The molecular weight excluding hydrogens is 150 g/mol. The third kappa shape index (κ3) is 2.19. The van der Waals surface area contributed by atoms with Crippen LogP contribution >= 0.6 is 0 Å². The van der Waals surface area contributed by atoms with Crippen LogP contribution in [0.3, 0.4) is 0 Å². The van der Waals surface area contributed by atoms with Gasteiger partial charge in [-0.15, -0.1) is 0 Å². The van der Waals surface area contributed by atoms with Crippen molar-refractivity contribution in [3.63, 3.8) is 0 Å². The summed E-state index contributed by atoms with van der Waals surface area (Å²) in [5.41, 5.74) is 0. The second-order valence-corrected chi connectivity index (χ2v) is 3.93. The summed E-state index contributed by atoms with van der Waals surface area (Å²) in [5.74, 6) is 6.49. The molecule has 1 unspecified atom stereocenters. The van der Waals surface area contributed by atoms with Crippen LogP contribution in [0.4, 0.5) is 0 Å². The molecule has 0 spiro atoms. The average molecular weight is 171 g/mol. The molecule has 0 saturated carbocycles. The molecule has 0 aromatic rings. The average Bonchev–Trinajstić information content (AvgIpc) is 2.04. The highest BCUT2D eigenvalue weighted by atomic mass is 15.4. The van der Waals surface area contributed by atoms with Gasteiger partial charge in [-0.1, -0.05) is 20.8 Å². The smallest absolute Gasteiger partial charge is 0.0288 e. The zero-order valence-electron chi connectivity index (χ0n) is 8.45. The van der Waals surface area contributed by atoms with Crippen LogP contribution in [0.25, 0.3) is 0 Å². The summed E-state index contributed by atoms with van der Waals surface area (Å²) in [7, 11) is 0. The van der Waals surface area contributed by atoms with Gasteiger partial charge in [-0.2, -0.15) is 0 Å². The number of hydrogen-bond donors (Lipinski definition) is 1. The van der Waals surface area contributed by atoms with Crippen molar-refractivity contribution in [2.45, 2.75) is 26.8 Å². The quantitative estimate of drug-likeness (QED) is 0.615. The van der Waals surface area contributed by atoms with Crippen molar-refractivity contribution in [3.05, 3.63) is 0 Å². The fraction of sp³-hybridized carbons (Fsp3) is 1.00. The Balaban J connectivity index is 2.52. The van der Waals surface area contributed by atoms with Gasteiger partial charge in [-0.05, 0) is 12.5 Å². The maximum atomic E-state index is 5.79. The van der Waals surface area contributed by atoms with E-state index in [1.165, 1.54) is 0 Å². The highest BCUT2D eigenvalue weighted by molar-refractivity contribution is 4.81. The molecule has 0 aliphatic carbocycles. The number of likely N-dealkylation sites (N-methyl/N-ethyl adjacent to an activating group) is 1. The zero-order chi connectivity index (χ0) is 9.14. The lowest BCUT2D eigenvalue weighted by atomic mass is 10.0. The van der Waals surface area contributed by atoms with Gasteiger partial charge in [-0.3, -0.25) is 10.7 Å². The highest BCUT2D eigenvalue weighted by Gasteiger charge is 2.26. The molecule has 0 aromatic carbocycles. The number of hydrogen-bond acceptors (Lipinski definition) is 3. The Bertz CT molecular complexity index is 136. The van der Waals surface area contributed by atoms with E-state index in [4.69, 9.17) is 5.84 Å².